The third-order valence-electron chi connectivity index (χ3n) is 3.89. The Morgan fingerprint density at radius 1 is 1.38 bits per heavy atom. The van der Waals surface area contributed by atoms with Gasteiger partial charge < -0.3 is 4.90 Å². The Kier molecular flexibility index (Phi) is 2.38. The first-order chi connectivity index (χ1) is 7.86. The van der Waals surface area contributed by atoms with Crippen molar-refractivity contribution in [3.63, 3.8) is 0 Å². The highest BCUT2D eigenvalue weighted by atomic mass is 16.2. The molecule has 2 unspecified atom stereocenters. The van der Waals surface area contributed by atoms with Crippen LogP contribution in [0.5, 0.6) is 0 Å². The molecule has 0 radical (unpaired) electrons. The van der Waals surface area contributed by atoms with Crippen LogP contribution in [0.1, 0.15) is 42.6 Å². The summed E-state index contributed by atoms with van der Waals surface area (Å²) in [5, 5.41) is 10.1. The van der Waals surface area contributed by atoms with Crippen LogP contribution in [0, 0.1) is 5.92 Å². The van der Waals surface area contributed by atoms with Gasteiger partial charge in [0.2, 0.25) is 0 Å². The summed E-state index contributed by atoms with van der Waals surface area (Å²) in [5.41, 5.74) is 0.451. The predicted octanol–water partition coefficient (Wildman–Crippen LogP) is 1.21. The van der Waals surface area contributed by atoms with Gasteiger partial charge in [-0.05, 0) is 31.6 Å². The van der Waals surface area contributed by atoms with Crippen molar-refractivity contribution in [3.8, 4) is 0 Å². The Bertz CT molecular complexity index is 375. The second-order valence-electron chi connectivity index (χ2n) is 4.75. The summed E-state index contributed by atoms with van der Waals surface area (Å²) in [5.74, 6) is 0.773. The van der Waals surface area contributed by atoms with Crippen LogP contribution in [-0.4, -0.2) is 38.8 Å². The maximum Gasteiger partial charge on any atom is 0.276 e. The molecule has 1 amide bonds. The number of hydrogen-bond donors (Lipinski definition) is 1. The number of carbonyl (C=O) groups is 1. The Morgan fingerprint density at radius 3 is 3.06 bits per heavy atom. The fraction of sp³-hybridized carbons (Fsp3) is 0.727. The van der Waals surface area contributed by atoms with Gasteiger partial charge in [0.15, 0.2) is 5.69 Å². The van der Waals surface area contributed by atoms with E-state index < -0.39 is 0 Å². The number of hydrogen-bond acceptors (Lipinski definition) is 3. The topological polar surface area (TPSA) is 61.9 Å². The van der Waals surface area contributed by atoms with Crippen molar-refractivity contribution in [2.45, 2.75) is 38.1 Å². The number of nitrogens with one attached hydrogen (secondary N) is 1. The first-order valence-electron chi connectivity index (χ1n) is 6.03. The Balaban J connectivity index is 1.80. The smallest absolute Gasteiger partial charge is 0.276 e. The van der Waals surface area contributed by atoms with Crippen molar-refractivity contribution < 1.29 is 4.79 Å². The molecule has 0 spiro atoms. The zero-order valence-electron chi connectivity index (χ0n) is 9.22. The second-order valence-corrected chi connectivity index (χ2v) is 4.75. The third-order valence-corrected chi connectivity index (χ3v) is 3.89. The predicted molar refractivity (Wildman–Crippen MR) is 57.8 cm³/mol. The minimum absolute atomic E-state index is 0.0466. The van der Waals surface area contributed by atoms with Crippen LogP contribution in [0.3, 0.4) is 0 Å². The number of amides is 1. The second kappa shape index (κ2) is 3.88. The van der Waals surface area contributed by atoms with Gasteiger partial charge in [-0.15, -0.1) is 0 Å². The molecule has 5 heteroatoms. The fourth-order valence-electron chi connectivity index (χ4n) is 3.16. The lowest BCUT2D eigenvalue weighted by atomic mass is 9.92. The van der Waals surface area contributed by atoms with E-state index in [0.29, 0.717) is 11.7 Å². The van der Waals surface area contributed by atoms with Crippen LogP contribution in [-0.2, 0) is 0 Å². The maximum atomic E-state index is 12.2. The summed E-state index contributed by atoms with van der Waals surface area (Å²) in [6.07, 6.45) is 7.64. The van der Waals surface area contributed by atoms with Gasteiger partial charge in [-0.3, -0.25) is 4.79 Å². The van der Waals surface area contributed by atoms with Gasteiger partial charge in [0.05, 0.1) is 6.20 Å². The molecule has 2 fully saturated rings. The van der Waals surface area contributed by atoms with E-state index in [-0.39, 0.29) is 5.91 Å². The van der Waals surface area contributed by atoms with Gasteiger partial charge in [0.1, 0.15) is 0 Å². The molecule has 16 heavy (non-hydrogen) atoms. The number of H-pyrrole nitrogens is 1. The first-order valence-corrected chi connectivity index (χ1v) is 6.03. The molecule has 86 valence electrons. The number of aromatic nitrogens is 3. The number of carbonyl (C=O) groups excluding carboxylic acids is 1. The molecular weight excluding hydrogens is 204 g/mol. The average Bonchev–Trinajstić information content (AvgIpc) is 2.98. The van der Waals surface area contributed by atoms with Crippen LogP contribution in [0.2, 0.25) is 0 Å². The number of likely N-dealkylation sites (tertiary alicyclic amines) is 1. The quantitative estimate of drug-likeness (QED) is 0.773. The standard InChI is InChI=1S/C11H16N4O/c16-11(9-7-12-14-13-9)15-6-2-4-8-3-1-5-10(8)15/h7-8,10H,1-6H2,(H,12,13,14). The van der Waals surface area contributed by atoms with E-state index in [1.165, 1.54) is 25.5 Å². The average molecular weight is 220 g/mol. The van der Waals surface area contributed by atoms with Crippen molar-refractivity contribution in [2.75, 3.05) is 6.54 Å². The molecule has 1 aromatic heterocycles. The van der Waals surface area contributed by atoms with E-state index in [2.05, 4.69) is 15.4 Å². The number of rotatable bonds is 1. The summed E-state index contributed by atoms with van der Waals surface area (Å²) in [4.78, 5) is 14.2. The van der Waals surface area contributed by atoms with Crippen molar-refractivity contribution in [3.05, 3.63) is 11.9 Å². The third kappa shape index (κ3) is 1.50. The summed E-state index contributed by atoms with van der Waals surface area (Å²) in [6.45, 7) is 0.882. The van der Waals surface area contributed by atoms with Gasteiger partial charge in [-0.2, -0.15) is 15.4 Å². The van der Waals surface area contributed by atoms with E-state index in [0.717, 1.165) is 25.3 Å². The molecule has 5 nitrogen and oxygen atoms in total. The number of nitrogens with zero attached hydrogens (tertiary/aromatic N) is 3. The highest BCUT2D eigenvalue weighted by Gasteiger charge is 2.38. The molecule has 1 N–H and O–H groups in total. The minimum Gasteiger partial charge on any atom is -0.334 e. The highest BCUT2D eigenvalue weighted by molar-refractivity contribution is 5.92. The van der Waals surface area contributed by atoms with Crippen molar-refractivity contribution in [1.29, 1.82) is 0 Å². The van der Waals surface area contributed by atoms with Crippen LogP contribution < -0.4 is 0 Å². The molecule has 2 heterocycles. The minimum atomic E-state index is 0.0466. The lowest BCUT2D eigenvalue weighted by Gasteiger charge is -2.37. The number of fused-ring (bicyclic) bond motifs is 1. The highest BCUT2D eigenvalue weighted by Crippen LogP contribution is 2.37. The molecule has 0 aromatic carbocycles. The van der Waals surface area contributed by atoms with E-state index >= 15 is 0 Å². The normalized spacial score (nSPS) is 29.1. The fourth-order valence-corrected chi connectivity index (χ4v) is 3.16. The van der Waals surface area contributed by atoms with Gasteiger partial charge in [0.25, 0.3) is 5.91 Å². The van der Waals surface area contributed by atoms with Crippen LogP contribution in [0.25, 0.3) is 0 Å². The largest absolute Gasteiger partial charge is 0.334 e. The molecule has 1 aromatic rings. The lowest BCUT2D eigenvalue weighted by molar-refractivity contribution is 0.0542. The van der Waals surface area contributed by atoms with Gasteiger partial charge in [-0.1, -0.05) is 6.42 Å². The number of aromatic amines is 1. The van der Waals surface area contributed by atoms with Crippen molar-refractivity contribution >= 4 is 5.91 Å². The molecule has 1 aliphatic carbocycles. The molecule has 2 aliphatic rings. The molecule has 3 rings (SSSR count). The Morgan fingerprint density at radius 2 is 2.25 bits per heavy atom. The summed E-state index contributed by atoms with van der Waals surface area (Å²) < 4.78 is 0. The molecular formula is C11H16N4O. The molecule has 1 saturated carbocycles. The molecule has 1 saturated heterocycles. The Hall–Kier alpha value is -1.39. The SMILES string of the molecule is O=C(c1cn[nH]n1)N1CCCC2CCCC21. The van der Waals surface area contributed by atoms with Crippen LogP contribution >= 0.6 is 0 Å². The van der Waals surface area contributed by atoms with E-state index in [9.17, 15) is 4.79 Å². The summed E-state index contributed by atoms with van der Waals surface area (Å²) in [7, 11) is 0. The summed E-state index contributed by atoms with van der Waals surface area (Å²) in [6, 6.07) is 0.456. The molecule has 2 atom stereocenters. The lowest BCUT2D eigenvalue weighted by Crippen LogP contribution is -2.46. The van der Waals surface area contributed by atoms with E-state index in [1.54, 1.807) is 0 Å². The maximum absolute atomic E-state index is 12.2. The van der Waals surface area contributed by atoms with Crippen molar-refractivity contribution in [1.82, 2.24) is 20.3 Å². The van der Waals surface area contributed by atoms with Crippen LogP contribution in [0.4, 0.5) is 0 Å². The molecule has 0 bridgehead atoms. The Labute approximate surface area is 94.2 Å². The van der Waals surface area contributed by atoms with Crippen molar-refractivity contribution in [2.24, 2.45) is 5.92 Å². The first kappa shape index (κ1) is 9.81. The van der Waals surface area contributed by atoms with E-state index in [1.807, 2.05) is 4.90 Å². The zero-order valence-corrected chi connectivity index (χ0v) is 9.22. The van der Waals surface area contributed by atoms with Crippen LogP contribution in [0.15, 0.2) is 6.20 Å². The molecule has 1 aliphatic heterocycles. The zero-order chi connectivity index (χ0) is 11.0. The van der Waals surface area contributed by atoms with Gasteiger partial charge in [-0.25, -0.2) is 0 Å². The van der Waals surface area contributed by atoms with E-state index in [4.69, 9.17) is 0 Å². The summed E-state index contributed by atoms with van der Waals surface area (Å²) >= 11 is 0. The van der Waals surface area contributed by atoms with Gasteiger partial charge >= 0.3 is 0 Å². The number of piperidine rings is 1. The monoisotopic (exact) mass is 220 g/mol. The van der Waals surface area contributed by atoms with Gasteiger partial charge in [0, 0.05) is 12.6 Å².